The second kappa shape index (κ2) is 90.1. The summed E-state index contributed by atoms with van der Waals surface area (Å²) in [7, 11) is 0. The molecule has 0 heterocycles. The van der Waals surface area contributed by atoms with Crippen LogP contribution in [0.4, 0.5) is 0 Å². The minimum absolute atomic E-state index is 0. The van der Waals surface area contributed by atoms with Crippen LogP contribution in [0.3, 0.4) is 0 Å². The lowest BCUT2D eigenvalue weighted by Gasteiger charge is -1.80. The zero-order valence-electron chi connectivity index (χ0n) is 7.09. The van der Waals surface area contributed by atoms with E-state index in [-0.39, 0.29) is 26.4 Å². The predicted octanol–water partition coefficient (Wildman–Crippen LogP) is 1.96. The molecule has 0 aliphatic carbocycles. The molecule has 0 amide bonds. The average molecular weight is 255 g/mol. The SMILES string of the molecule is C.C=O.CS.CSCSC.O.S. The van der Waals surface area contributed by atoms with Crippen molar-refractivity contribution in [3.8, 4) is 0 Å². The highest BCUT2D eigenvalue weighted by atomic mass is 32.2. The van der Waals surface area contributed by atoms with E-state index in [4.69, 9.17) is 4.79 Å². The summed E-state index contributed by atoms with van der Waals surface area (Å²) in [6.07, 6.45) is 5.91. The van der Waals surface area contributed by atoms with Crippen LogP contribution in [0.2, 0.25) is 0 Å². The van der Waals surface area contributed by atoms with E-state index in [1.807, 2.05) is 30.3 Å². The van der Waals surface area contributed by atoms with Crippen molar-refractivity contribution in [1.29, 1.82) is 0 Å². The number of hydrogen-bond acceptors (Lipinski definition) is 4. The van der Waals surface area contributed by atoms with Crippen molar-refractivity contribution >= 4 is 56.4 Å². The van der Waals surface area contributed by atoms with Gasteiger partial charge in [-0.3, -0.25) is 0 Å². The molecule has 2 nitrogen and oxygen atoms in total. The Morgan fingerprint density at radius 2 is 1.33 bits per heavy atom. The average Bonchev–Trinajstić information content (AvgIpc) is 1.98. The largest absolute Gasteiger partial charge is 0.412 e. The van der Waals surface area contributed by atoms with Crippen molar-refractivity contribution in [2.45, 2.75) is 7.43 Å². The van der Waals surface area contributed by atoms with Gasteiger partial charge >= 0.3 is 0 Å². The Morgan fingerprint density at radius 1 is 1.17 bits per heavy atom. The van der Waals surface area contributed by atoms with Crippen molar-refractivity contribution in [3.05, 3.63) is 0 Å². The molecule has 6 heteroatoms. The third-order valence-electron chi connectivity index (χ3n) is 0.236. The maximum absolute atomic E-state index is 8.00. The molecule has 0 aliphatic heterocycles. The van der Waals surface area contributed by atoms with Crippen LogP contribution in [-0.4, -0.2) is 36.1 Å². The van der Waals surface area contributed by atoms with E-state index in [1.54, 1.807) is 6.26 Å². The molecule has 0 spiro atoms. The molecule has 0 unspecified atom stereocenters. The predicted molar refractivity (Wildman–Crippen MR) is 74.7 cm³/mol. The van der Waals surface area contributed by atoms with Gasteiger partial charge in [0.2, 0.25) is 0 Å². The summed E-state index contributed by atoms with van der Waals surface area (Å²) in [5.74, 6) is 0. The standard InChI is InChI=1S/C3H8S2.CH2O.CH4S.CH4.H2O.H2S/c1-4-3-5-2;2*1-2;;;/h3H2,1-2H3;1H2;2H,1H3;1H4;2*1H2. The van der Waals surface area contributed by atoms with Crippen LogP contribution in [-0.2, 0) is 4.79 Å². The normalized spacial score (nSPS) is 4.33. The molecule has 0 aliphatic rings. The fraction of sp³-hybridized carbons (Fsp3) is 0.833. The van der Waals surface area contributed by atoms with Crippen molar-refractivity contribution in [2.75, 3.05) is 23.9 Å². The van der Waals surface area contributed by atoms with Gasteiger partial charge in [0.25, 0.3) is 0 Å². The first-order valence-corrected chi connectivity index (χ1v) is 5.81. The van der Waals surface area contributed by atoms with E-state index in [0.717, 1.165) is 0 Å². The summed E-state index contributed by atoms with van der Waals surface area (Å²) >= 11 is 7.26. The van der Waals surface area contributed by atoms with Gasteiger partial charge in [-0.05, 0) is 18.8 Å². The number of thiol groups is 1. The van der Waals surface area contributed by atoms with E-state index in [1.165, 1.54) is 5.08 Å². The molecule has 2 N–H and O–H groups in total. The van der Waals surface area contributed by atoms with Gasteiger partial charge in [0.1, 0.15) is 6.79 Å². The molecular weight excluding hydrogens is 232 g/mol. The fourth-order valence-corrected chi connectivity index (χ4v) is 1.06. The minimum Gasteiger partial charge on any atom is -0.412 e. The summed E-state index contributed by atoms with van der Waals surface area (Å²) < 4.78 is 0. The molecule has 0 saturated carbocycles. The van der Waals surface area contributed by atoms with Gasteiger partial charge < -0.3 is 10.3 Å². The van der Waals surface area contributed by atoms with Gasteiger partial charge in [-0.1, -0.05) is 7.43 Å². The highest BCUT2D eigenvalue weighted by molar-refractivity contribution is 8.15. The smallest absolute Gasteiger partial charge is 0.106 e. The fourth-order valence-electron chi connectivity index (χ4n) is 0.118. The third-order valence-corrected chi connectivity index (χ3v) is 2.12. The Morgan fingerprint density at radius 3 is 1.33 bits per heavy atom. The van der Waals surface area contributed by atoms with E-state index in [2.05, 4.69) is 25.1 Å². The number of hydrogen-bond donors (Lipinski definition) is 1. The van der Waals surface area contributed by atoms with Gasteiger partial charge in [-0.25, -0.2) is 0 Å². The maximum Gasteiger partial charge on any atom is 0.106 e. The molecule has 0 fully saturated rings. The van der Waals surface area contributed by atoms with Crippen LogP contribution in [0.15, 0.2) is 0 Å². The zero-order chi connectivity index (χ0) is 8.12. The molecule has 0 bridgehead atoms. The van der Waals surface area contributed by atoms with E-state index in [0.29, 0.717) is 0 Å². The first-order valence-electron chi connectivity index (χ1n) is 2.13. The monoisotopic (exact) mass is 254 g/mol. The van der Waals surface area contributed by atoms with Gasteiger partial charge in [-0.2, -0.15) is 49.6 Å². The van der Waals surface area contributed by atoms with Crippen LogP contribution in [0, 0.1) is 0 Å². The lowest BCUT2D eigenvalue weighted by Crippen LogP contribution is -1.56. The molecule has 0 aromatic heterocycles. The van der Waals surface area contributed by atoms with Crippen molar-refractivity contribution in [2.24, 2.45) is 0 Å². The number of thioether (sulfide) groups is 2. The Labute approximate surface area is 97.8 Å². The maximum atomic E-state index is 8.00. The van der Waals surface area contributed by atoms with Gasteiger partial charge in [0.15, 0.2) is 0 Å². The lowest BCUT2D eigenvalue weighted by atomic mass is 11.9. The van der Waals surface area contributed by atoms with Crippen LogP contribution in [0.5, 0.6) is 0 Å². The van der Waals surface area contributed by atoms with Crippen molar-refractivity contribution < 1.29 is 10.3 Å². The Kier molecular flexibility index (Phi) is 287. The molecule has 0 radical (unpaired) electrons. The van der Waals surface area contributed by atoms with Crippen LogP contribution < -0.4 is 0 Å². The Balaban J connectivity index is -0.0000000116. The Hall–Kier alpha value is 1.03. The van der Waals surface area contributed by atoms with E-state index < -0.39 is 0 Å². The summed E-state index contributed by atoms with van der Waals surface area (Å²) in [5.41, 5.74) is 0. The van der Waals surface area contributed by atoms with Crippen LogP contribution >= 0.6 is 49.6 Å². The summed E-state index contributed by atoms with van der Waals surface area (Å²) in [5, 5.41) is 1.22. The molecule has 0 atom stereocenters. The summed E-state index contributed by atoms with van der Waals surface area (Å²) in [4.78, 5) is 8.00. The second-order valence-corrected chi connectivity index (χ2v) is 2.79. The van der Waals surface area contributed by atoms with Crippen molar-refractivity contribution in [3.63, 3.8) is 0 Å². The molecule has 0 aromatic carbocycles. The molecule has 0 saturated heterocycles. The summed E-state index contributed by atoms with van der Waals surface area (Å²) in [6, 6.07) is 0. The first-order chi connectivity index (χ1) is 4.41. The highest BCUT2D eigenvalue weighted by Gasteiger charge is 1.67. The van der Waals surface area contributed by atoms with Gasteiger partial charge in [0, 0.05) is 5.08 Å². The van der Waals surface area contributed by atoms with Crippen LogP contribution in [0.25, 0.3) is 0 Å². The quantitative estimate of drug-likeness (QED) is 0.605. The third kappa shape index (κ3) is 121. The molecular formula is C6H22O2S4. The topological polar surface area (TPSA) is 48.6 Å². The second-order valence-electron chi connectivity index (χ2n) is 0.695. The zero-order valence-corrected chi connectivity index (χ0v) is 10.6. The summed E-state index contributed by atoms with van der Waals surface area (Å²) in [6.45, 7) is 2.00. The number of carbonyl (C=O) groups is 1. The van der Waals surface area contributed by atoms with Crippen LogP contribution in [0.1, 0.15) is 7.43 Å². The minimum atomic E-state index is 0. The molecule has 12 heavy (non-hydrogen) atoms. The highest BCUT2D eigenvalue weighted by Crippen LogP contribution is 2.01. The molecule has 82 valence electrons. The molecule has 0 rings (SSSR count). The Bertz CT molecular complexity index is 31.5. The lowest BCUT2D eigenvalue weighted by molar-refractivity contribution is -0.0979. The molecule has 0 aromatic rings. The van der Waals surface area contributed by atoms with Gasteiger partial charge in [-0.15, -0.1) is 0 Å². The van der Waals surface area contributed by atoms with Crippen molar-refractivity contribution in [1.82, 2.24) is 0 Å². The first kappa shape index (κ1) is 38.2. The van der Waals surface area contributed by atoms with Gasteiger partial charge in [0.05, 0.1) is 0 Å². The number of carbonyl (C=O) groups excluding carboxylic acids is 1. The van der Waals surface area contributed by atoms with E-state index >= 15 is 0 Å². The van der Waals surface area contributed by atoms with E-state index in [9.17, 15) is 0 Å². The number of rotatable bonds is 2.